The van der Waals surface area contributed by atoms with Gasteiger partial charge in [-0.25, -0.2) is 9.79 Å². The van der Waals surface area contributed by atoms with E-state index in [1.165, 1.54) is 24.3 Å². The van der Waals surface area contributed by atoms with Crippen molar-refractivity contribution in [1.82, 2.24) is 10.2 Å². The van der Waals surface area contributed by atoms with Gasteiger partial charge in [-0.3, -0.25) is 19.2 Å². The lowest BCUT2D eigenvalue weighted by Crippen LogP contribution is -2.44. The smallest absolute Gasteiger partial charge is 0.343 e. The molecular weight excluding hydrogens is 502 g/mol. The summed E-state index contributed by atoms with van der Waals surface area (Å²) in [6.45, 7) is -2.23. The van der Waals surface area contributed by atoms with Crippen molar-refractivity contribution in [1.29, 1.82) is 0 Å². The van der Waals surface area contributed by atoms with Gasteiger partial charge in [0.1, 0.15) is 13.1 Å². The first kappa shape index (κ1) is 27.4. The topological polar surface area (TPSA) is 224 Å². The van der Waals surface area contributed by atoms with Gasteiger partial charge in [0, 0.05) is 0 Å². The first-order chi connectivity index (χ1) is 18.0. The lowest BCUT2D eigenvalue weighted by atomic mass is 10.0. The van der Waals surface area contributed by atoms with Crippen molar-refractivity contribution in [3.05, 3.63) is 53.1 Å². The van der Waals surface area contributed by atoms with Crippen LogP contribution in [0.1, 0.15) is 32.7 Å². The quantitative estimate of drug-likeness (QED) is 0.131. The minimum atomic E-state index is -1.41. The monoisotopic (exact) mass is 527 g/mol. The van der Waals surface area contributed by atoms with Crippen molar-refractivity contribution >= 4 is 41.4 Å². The third kappa shape index (κ3) is 7.19. The second-order valence-corrected chi connectivity index (χ2v) is 8.07. The van der Waals surface area contributed by atoms with Crippen LogP contribution in [0, 0.1) is 0 Å². The largest absolute Gasteiger partial charge is 0.489 e. The summed E-state index contributed by atoms with van der Waals surface area (Å²) in [6, 6.07) is 9.02. The van der Waals surface area contributed by atoms with Gasteiger partial charge in [0.05, 0.1) is 30.0 Å². The first-order valence-corrected chi connectivity index (χ1v) is 11.2. The minimum Gasteiger partial charge on any atom is -0.489 e. The third-order valence-corrected chi connectivity index (χ3v) is 5.24. The van der Waals surface area contributed by atoms with Gasteiger partial charge in [-0.2, -0.15) is 0 Å². The SMILES string of the molecule is NC(N)=Nc1ccc2c(c1)CCCOc1c(cccc1C(=O)NCC(=O)N(CC(=O)O)CC(=O)O)OC2=O. The number of hydrogen-bond donors (Lipinski definition) is 5. The second kappa shape index (κ2) is 12.2. The molecule has 0 saturated carbocycles. The number of amides is 2. The molecule has 14 nitrogen and oxygen atoms in total. The number of nitrogens with two attached hydrogens (primary N) is 2. The van der Waals surface area contributed by atoms with Gasteiger partial charge in [-0.15, -0.1) is 0 Å². The third-order valence-electron chi connectivity index (χ3n) is 5.24. The van der Waals surface area contributed by atoms with Gasteiger partial charge in [0.15, 0.2) is 17.5 Å². The molecule has 1 heterocycles. The van der Waals surface area contributed by atoms with E-state index in [-0.39, 0.29) is 35.2 Å². The molecule has 1 aliphatic rings. The Balaban J connectivity index is 1.81. The van der Waals surface area contributed by atoms with E-state index >= 15 is 0 Å². The van der Waals surface area contributed by atoms with E-state index < -0.39 is 49.4 Å². The molecular formula is C24H25N5O9. The highest BCUT2D eigenvalue weighted by atomic mass is 16.6. The Morgan fingerprint density at radius 1 is 1.05 bits per heavy atom. The van der Waals surface area contributed by atoms with Gasteiger partial charge < -0.3 is 41.4 Å². The molecule has 0 atom stereocenters. The lowest BCUT2D eigenvalue weighted by Gasteiger charge is -2.20. The molecule has 0 radical (unpaired) electrons. The Morgan fingerprint density at radius 2 is 1.76 bits per heavy atom. The number of aliphatic carboxylic acids is 2. The van der Waals surface area contributed by atoms with Crippen LogP contribution in [0.2, 0.25) is 0 Å². The number of guanidine groups is 1. The van der Waals surface area contributed by atoms with Crippen LogP contribution < -0.4 is 26.3 Å². The maximum atomic E-state index is 13.0. The molecule has 0 aliphatic carbocycles. The molecule has 0 saturated heterocycles. The normalized spacial score (nSPS) is 12.5. The Labute approximate surface area is 215 Å². The predicted octanol–water partition coefficient (Wildman–Crippen LogP) is -0.137. The number of esters is 1. The molecule has 0 spiro atoms. The number of carbonyl (C=O) groups is 5. The number of carbonyl (C=O) groups excluding carboxylic acids is 3. The van der Waals surface area contributed by atoms with Gasteiger partial charge in [-0.05, 0) is 48.7 Å². The highest BCUT2D eigenvalue weighted by Crippen LogP contribution is 2.34. The van der Waals surface area contributed by atoms with Crippen LogP contribution in [0.3, 0.4) is 0 Å². The van der Waals surface area contributed by atoms with Crippen LogP contribution >= 0.6 is 0 Å². The summed E-state index contributed by atoms with van der Waals surface area (Å²) in [5, 5.41) is 20.1. The zero-order chi connectivity index (χ0) is 27.8. The number of para-hydroxylation sites is 1. The summed E-state index contributed by atoms with van der Waals surface area (Å²) in [6.07, 6.45) is 0.873. The van der Waals surface area contributed by atoms with Crippen molar-refractivity contribution < 1.29 is 43.7 Å². The second-order valence-electron chi connectivity index (χ2n) is 8.07. The number of benzene rings is 2. The fourth-order valence-corrected chi connectivity index (χ4v) is 3.64. The van der Waals surface area contributed by atoms with Crippen molar-refractivity contribution in [3.63, 3.8) is 0 Å². The van der Waals surface area contributed by atoms with Gasteiger partial charge in [0.2, 0.25) is 5.91 Å². The zero-order valence-electron chi connectivity index (χ0n) is 20.0. The summed E-state index contributed by atoms with van der Waals surface area (Å²) in [7, 11) is 0. The summed E-state index contributed by atoms with van der Waals surface area (Å²) in [5.41, 5.74) is 12.2. The summed E-state index contributed by atoms with van der Waals surface area (Å²) in [4.78, 5) is 64.6. The maximum absolute atomic E-state index is 13.0. The van der Waals surface area contributed by atoms with Crippen molar-refractivity contribution in [2.24, 2.45) is 16.5 Å². The average Bonchev–Trinajstić information content (AvgIpc) is 2.84. The number of rotatable bonds is 8. The molecule has 0 bridgehead atoms. The molecule has 2 aromatic carbocycles. The fourth-order valence-electron chi connectivity index (χ4n) is 3.64. The summed E-state index contributed by atoms with van der Waals surface area (Å²) in [5.74, 6) is -5.41. The van der Waals surface area contributed by atoms with Gasteiger partial charge in [0.25, 0.3) is 5.91 Å². The van der Waals surface area contributed by atoms with E-state index in [0.717, 1.165) is 0 Å². The van der Waals surface area contributed by atoms with E-state index in [4.69, 9.17) is 31.2 Å². The number of hydrogen-bond acceptors (Lipinski definition) is 8. The Bertz CT molecular complexity index is 1290. The van der Waals surface area contributed by atoms with Crippen molar-refractivity contribution in [3.8, 4) is 11.5 Å². The summed E-state index contributed by atoms with van der Waals surface area (Å²) < 4.78 is 11.3. The molecule has 0 unspecified atom stereocenters. The van der Waals surface area contributed by atoms with Crippen LogP contribution in [0.25, 0.3) is 0 Å². The Morgan fingerprint density at radius 3 is 2.42 bits per heavy atom. The maximum Gasteiger partial charge on any atom is 0.343 e. The molecule has 2 amide bonds. The van der Waals surface area contributed by atoms with Crippen LogP contribution in [-0.2, 0) is 20.8 Å². The van der Waals surface area contributed by atoms with E-state index in [1.807, 2.05) is 0 Å². The van der Waals surface area contributed by atoms with Crippen LogP contribution in [0.5, 0.6) is 11.5 Å². The lowest BCUT2D eigenvalue weighted by molar-refractivity contribution is -0.148. The molecule has 38 heavy (non-hydrogen) atoms. The molecule has 200 valence electrons. The van der Waals surface area contributed by atoms with Crippen molar-refractivity contribution in [2.75, 3.05) is 26.2 Å². The number of aryl methyl sites for hydroxylation is 1. The van der Waals surface area contributed by atoms with E-state index in [1.54, 1.807) is 12.1 Å². The minimum absolute atomic E-state index is 0.0284. The van der Waals surface area contributed by atoms with Crippen molar-refractivity contribution in [2.45, 2.75) is 12.8 Å². The molecule has 1 aliphatic heterocycles. The fraction of sp³-hybridized carbons (Fsp3) is 0.250. The van der Waals surface area contributed by atoms with Crippen LogP contribution in [0.15, 0.2) is 41.4 Å². The number of carboxylic acids is 2. The average molecular weight is 527 g/mol. The van der Waals surface area contributed by atoms with Gasteiger partial charge >= 0.3 is 17.9 Å². The number of nitrogens with one attached hydrogen (secondary N) is 1. The van der Waals surface area contributed by atoms with Crippen LogP contribution in [-0.4, -0.2) is 77.0 Å². The van der Waals surface area contributed by atoms with E-state index in [9.17, 15) is 24.0 Å². The number of carboxylic acid groups (broad SMARTS) is 2. The Hall–Kier alpha value is -5.14. The number of nitrogens with zero attached hydrogens (tertiary/aromatic N) is 2. The molecule has 7 N–H and O–H groups in total. The first-order valence-electron chi connectivity index (χ1n) is 11.2. The number of ether oxygens (including phenoxy) is 2. The van der Waals surface area contributed by atoms with E-state index in [0.29, 0.717) is 29.0 Å². The predicted molar refractivity (Wildman–Crippen MR) is 131 cm³/mol. The zero-order valence-corrected chi connectivity index (χ0v) is 20.0. The molecule has 2 aromatic rings. The molecule has 0 aromatic heterocycles. The van der Waals surface area contributed by atoms with Gasteiger partial charge in [-0.1, -0.05) is 6.07 Å². The summed E-state index contributed by atoms with van der Waals surface area (Å²) >= 11 is 0. The molecule has 3 rings (SSSR count). The van der Waals surface area contributed by atoms with E-state index in [2.05, 4.69) is 10.3 Å². The molecule has 0 fully saturated rings. The molecule has 14 heteroatoms. The Kier molecular flexibility index (Phi) is 8.82. The number of aliphatic imine (C=N–C) groups is 1. The highest BCUT2D eigenvalue weighted by molar-refractivity contribution is 6.01. The van der Waals surface area contributed by atoms with Crippen LogP contribution in [0.4, 0.5) is 5.69 Å². The highest BCUT2D eigenvalue weighted by Gasteiger charge is 2.25. The standard InChI is InChI=1S/C24H25N5O9/c25-24(26)28-14-6-7-15-13(9-14)3-2-8-37-21-16(4-1-5-17(21)38-23(15)36)22(35)27-10-18(30)29(11-19(31)32)12-20(33)34/h1,4-7,9H,2-3,8,10-12H2,(H,27,35)(H,31,32)(H,33,34)(H4,25,26,28). The number of fused-ring (bicyclic) bond motifs is 2.